The number of fused-ring (bicyclic) bond motifs is 2. The molecule has 0 spiro atoms. The number of hydrogen-bond donors (Lipinski definition) is 1. The van der Waals surface area contributed by atoms with Gasteiger partial charge in [0.2, 0.25) is 5.89 Å². The van der Waals surface area contributed by atoms with E-state index in [1.165, 1.54) is 10.9 Å². The monoisotopic (exact) mass is 436 g/mol. The summed E-state index contributed by atoms with van der Waals surface area (Å²) in [6.45, 7) is 4.21. The number of amides is 1. The standard InChI is InChI=1S/C28H24N2O3/c1-18(2)19-9-12-24(13-10-19)32-17-27(31)29-23-11-14-26-25(16-23)30-28(33-26)22-8-7-20-5-3-4-6-21(20)15-22/h3-16,18H,17H2,1-2H3,(H,29,31). The molecule has 1 heterocycles. The van der Waals surface area contributed by atoms with Gasteiger partial charge in [0.25, 0.3) is 5.91 Å². The molecule has 0 saturated heterocycles. The predicted octanol–water partition coefficient (Wildman–Crippen LogP) is 6.79. The number of rotatable bonds is 6. The van der Waals surface area contributed by atoms with Crippen LogP contribution in [0.25, 0.3) is 33.3 Å². The number of ether oxygens (including phenoxy) is 1. The number of carbonyl (C=O) groups excluding carboxylic acids is 1. The first-order valence-corrected chi connectivity index (χ1v) is 11.0. The summed E-state index contributed by atoms with van der Waals surface area (Å²) in [7, 11) is 0. The number of anilines is 1. The third-order valence-corrected chi connectivity index (χ3v) is 5.58. The summed E-state index contributed by atoms with van der Waals surface area (Å²) in [6, 6.07) is 27.5. The largest absolute Gasteiger partial charge is 0.484 e. The van der Waals surface area contributed by atoms with Crippen molar-refractivity contribution in [3.63, 3.8) is 0 Å². The van der Waals surface area contributed by atoms with Crippen LogP contribution in [0.4, 0.5) is 5.69 Å². The molecule has 5 nitrogen and oxygen atoms in total. The SMILES string of the molecule is CC(C)c1ccc(OCC(=O)Nc2ccc3oc(-c4ccc5ccccc5c4)nc3c2)cc1. The molecule has 33 heavy (non-hydrogen) atoms. The van der Waals surface area contributed by atoms with E-state index in [1.54, 1.807) is 12.1 Å². The third-order valence-electron chi connectivity index (χ3n) is 5.58. The molecule has 0 fully saturated rings. The van der Waals surface area contributed by atoms with Gasteiger partial charge in [-0.2, -0.15) is 0 Å². The molecule has 1 aromatic heterocycles. The summed E-state index contributed by atoms with van der Waals surface area (Å²) in [5.74, 6) is 1.44. The molecule has 0 radical (unpaired) electrons. The van der Waals surface area contributed by atoms with Gasteiger partial charge in [-0.3, -0.25) is 4.79 Å². The Morgan fingerprint density at radius 1 is 0.939 bits per heavy atom. The lowest BCUT2D eigenvalue weighted by atomic mass is 10.0. The van der Waals surface area contributed by atoms with Crippen molar-refractivity contribution in [3.05, 3.63) is 90.5 Å². The van der Waals surface area contributed by atoms with Crippen LogP contribution in [-0.2, 0) is 4.79 Å². The molecule has 5 aromatic rings. The fourth-order valence-electron chi connectivity index (χ4n) is 3.75. The second-order valence-corrected chi connectivity index (χ2v) is 8.32. The zero-order valence-electron chi connectivity index (χ0n) is 18.5. The Hall–Kier alpha value is -4.12. The molecular formula is C28H24N2O3. The van der Waals surface area contributed by atoms with Crippen LogP contribution < -0.4 is 10.1 Å². The number of hydrogen-bond acceptors (Lipinski definition) is 4. The minimum absolute atomic E-state index is 0.0692. The number of nitrogens with zero attached hydrogens (tertiary/aromatic N) is 1. The Balaban J connectivity index is 1.27. The number of nitrogens with one attached hydrogen (secondary N) is 1. The quantitative estimate of drug-likeness (QED) is 0.318. The third kappa shape index (κ3) is 4.58. The van der Waals surface area contributed by atoms with Crippen molar-refractivity contribution in [2.24, 2.45) is 0 Å². The smallest absolute Gasteiger partial charge is 0.262 e. The first kappa shape index (κ1) is 20.8. The van der Waals surface area contributed by atoms with Crippen molar-refractivity contribution in [2.75, 3.05) is 11.9 Å². The lowest BCUT2D eigenvalue weighted by molar-refractivity contribution is -0.118. The highest BCUT2D eigenvalue weighted by Crippen LogP contribution is 2.28. The van der Waals surface area contributed by atoms with Crippen LogP contribution >= 0.6 is 0 Å². The van der Waals surface area contributed by atoms with Crippen molar-refractivity contribution in [1.82, 2.24) is 4.98 Å². The van der Waals surface area contributed by atoms with Crippen LogP contribution in [0.3, 0.4) is 0 Å². The minimum atomic E-state index is -0.236. The molecule has 4 aromatic carbocycles. The van der Waals surface area contributed by atoms with Crippen molar-refractivity contribution < 1.29 is 13.9 Å². The number of carbonyl (C=O) groups is 1. The predicted molar refractivity (Wildman–Crippen MR) is 132 cm³/mol. The highest BCUT2D eigenvalue weighted by atomic mass is 16.5. The molecule has 5 heteroatoms. The Labute approximate surface area is 192 Å². The minimum Gasteiger partial charge on any atom is -0.484 e. The van der Waals surface area contributed by atoms with Crippen molar-refractivity contribution in [2.45, 2.75) is 19.8 Å². The molecule has 5 rings (SSSR count). The molecule has 0 aliphatic rings. The summed E-state index contributed by atoms with van der Waals surface area (Å²) in [4.78, 5) is 17.0. The summed E-state index contributed by atoms with van der Waals surface area (Å²) in [5, 5.41) is 5.16. The maximum absolute atomic E-state index is 12.4. The van der Waals surface area contributed by atoms with E-state index in [0.717, 1.165) is 10.9 Å². The van der Waals surface area contributed by atoms with Crippen LogP contribution in [0.2, 0.25) is 0 Å². The first-order chi connectivity index (χ1) is 16.0. The van der Waals surface area contributed by atoms with Crippen LogP contribution in [0.15, 0.2) is 89.3 Å². The summed E-state index contributed by atoms with van der Waals surface area (Å²) >= 11 is 0. The summed E-state index contributed by atoms with van der Waals surface area (Å²) < 4.78 is 11.6. The molecule has 1 N–H and O–H groups in total. The molecule has 0 saturated carbocycles. The molecule has 0 aliphatic heterocycles. The lowest BCUT2D eigenvalue weighted by Crippen LogP contribution is -2.20. The number of aromatic nitrogens is 1. The van der Waals surface area contributed by atoms with Crippen molar-refractivity contribution in [1.29, 1.82) is 0 Å². The number of benzene rings is 4. The molecule has 0 bridgehead atoms. The van der Waals surface area contributed by atoms with Crippen LogP contribution in [0, 0.1) is 0 Å². The van der Waals surface area contributed by atoms with Crippen molar-refractivity contribution >= 4 is 33.5 Å². The van der Waals surface area contributed by atoms with Gasteiger partial charge < -0.3 is 14.5 Å². The van der Waals surface area contributed by atoms with Gasteiger partial charge in [0.05, 0.1) is 0 Å². The van der Waals surface area contributed by atoms with E-state index < -0.39 is 0 Å². The molecule has 1 amide bonds. The van der Waals surface area contributed by atoms with Gasteiger partial charge in [0.15, 0.2) is 12.2 Å². The van der Waals surface area contributed by atoms with E-state index in [1.807, 2.05) is 48.5 Å². The van der Waals surface area contributed by atoms with Gasteiger partial charge in [0.1, 0.15) is 11.3 Å². The summed E-state index contributed by atoms with van der Waals surface area (Å²) in [5.41, 5.74) is 4.13. The second-order valence-electron chi connectivity index (χ2n) is 8.32. The highest BCUT2D eigenvalue weighted by molar-refractivity contribution is 5.94. The lowest BCUT2D eigenvalue weighted by Gasteiger charge is -2.09. The van der Waals surface area contributed by atoms with Crippen LogP contribution in [0.5, 0.6) is 5.75 Å². The Morgan fingerprint density at radius 2 is 1.73 bits per heavy atom. The fraction of sp³-hybridized carbons (Fsp3) is 0.143. The first-order valence-electron chi connectivity index (χ1n) is 11.0. The normalized spacial score (nSPS) is 11.2. The topological polar surface area (TPSA) is 64.4 Å². The molecule has 0 aliphatic carbocycles. The summed E-state index contributed by atoms with van der Waals surface area (Å²) in [6.07, 6.45) is 0. The maximum atomic E-state index is 12.4. The van der Waals surface area contributed by atoms with Gasteiger partial charge in [0, 0.05) is 11.3 Å². The molecule has 0 atom stereocenters. The van der Waals surface area contributed by atoms with E-state index in [0.29, 0.717) is 34.3 Å². The van der Waals surface area contributed by atoms with Gasteiger partial charge in [-0.25, -0.2) is 4.98 Å². The zero-order chi connectivity index (χ0) is 22.8. The number of oxazole rings is 1. The van der Waals surface area contributed by atoms with Crippen molar-refractivity contribution in [3.8, 4) is 17.2 Å². The fourth-order valence-corrected chi connectivity index (χ4v) is 3.75. The van der Waals surface area contributed by atoms with E-state index in [2.05, 4.69) is 48.4 Å². The van der Waals surface area contributed by atoms with E-state index in [4.69, 9.17) is 9.15 Å². The maximum Gasteiger partial charge on any atom is 0.262 e. The van der Waals surface area contributed by atoms with Crippen LogP contribution in [-0.4, -0.2) is 17.5 Å². The average Bonchev–Trinajstić information content (AvgIpc) is 3.26. The van der Waals surface area contributed by atoms with Gasteiger partial charge in [-0.15, -0.1) is 0 Å². The van der Waals surface area contributed by atoms with E-state index >= 15 is 0 Å². The Bertz CT molecular complexity index is 1440. The molecule has 164 valence electrons. The highest BCUT2D eigenvalue weighted by Gasteiger charge is 2.11. The van der Waals surface area contributed by atoms with Gasteiger partial charge in [-0.1, -0.05) is 56.3 Å². The van der Waals surface area contributed by atoms with Gasteiger partial charge >= 0.3 is 0 Å². The van der Waals surface area contributed by atoms with E-state index in [-0.39, 0.29) is 12.5 Å². The Morgan fingerprint density at radius 3 is 2.52 bits per heavy atom. The second kappa shape index (κ2) is 8.79. The average molecular weight is 437 g/mol. The Kier molecular flexibility index (Phi) is 5.53. The molecule has 0 unspecified atom stereocenters. The molecular weight excluding hydrogens is 412 g/mol. The zero-order valence-corrected chi connectivity index (χ0v) is 18.5. The van der Waals surface area contributed by atoms with E-state index in [9.17, 15) is 4.79 Å². The van der Waals surface area contributed by atoms with Gasteiger partial charge in [-0.05, 0) is 64.7 Å². The van der Waals surface area contributed by atoms with Crippen LogP contribution in [0.1, 0.15) is 25.3 Å².